The normalized spacial score (nSPS) is 11.5. The number of esters is 1. The highest BCUT2D eigenvalue weighted by Crippen LogP contribution is 2.29. The van der Waals surface area contributed by atoms with Crippen molar-refractivity contribution in [3.8, 4) is 0 Å². The molecule has 0 heterocycles. The van der Waals surface area contributed by atoms with Crippen molar-refractivity contribution in [1.29, 1.82) is 0 Å². The van der Waals surface area contributed by atoms with Gasteiger partial charge in [-0.05, 0) is 30.7 Å². The molecule has 2 aromatic rings. The van der Waals surface area contributed by atoms with Gasteiger partial charge in [-0.15, -0.1) is 0 Å². The molecule has 24 heavy (non-hydrogen) atoms. The van der Waals surface area contributed by atoms with Crippen LogP contribution in [0, 0.1) is 6.92 Å². The summed E-state index contributed by atoms with van der Waals surface area (Å²) in [6.07, 6.45) is 0. The zero-order chi connectivity index (χ0) is 17.7. The third-order valence-corrected chi connectivity index (χ3v) is 3.86. The number of carbonyl (C=O) groups is 2. The second kappa shape index (κ2) is 7.84. The van der Waals surface area contributed by atoms with Crippen molar-refractivity contribution in [2.75, 3.05) is 17.7 Å². The van der Waals surface area contributed by atoms with Gasteiger partial charge >= 0.3 is 5.97 Å². The number of halogens is 1. The molecule has 0 aliphatic carbocycles. The molecule has 2 rings (SSSR count). The molecule has 0 unspecified atom stereocenters. The van der Waals surface area contributed by atoms with Gasteiger partial charge in [0, 0.05) is 28.9 Å². The lowest BCUT2D eigenvalue weighted by molar-refractivity contribution is -0.141. The summed E-state index contributed by atoms with van der Waals surface area (Å²) in [6.45, 7) is 3.33. The highest BCUT2D eigenvalue weighted by atomic mass is 35.5. The lowest BCUT2D eigenvalue weighted by atomic mass is 10.1. The van der Waals surface area contributed by atoms with Crippen LogP contribution in [-0.4, -0.2) is 19.0 Å². The Morgan fingerprint density at radius 3 is 2.50 bits per heavy atom. The summed E-state index contributed by atoms with van der Waals surface area (Å²) in [7, 11) is 1.33. The number of carbonyl (C=O) groups excluding carboxylic acids is 2. The van der Waals surface area contributed by atoms with E-state index in [0.717, 1.165) is 5.56 Å². The second-order valence-corrected chi connectivity index (χ2v) is 5.74. The maximum absolute atomic E-state index is 12.2. The van der Waals surface area contributed by atoms with E-state index in [1.54, 1.807) is 30.3 Å². The van der Waals surface area contributed by atoms with Crippen LogP contribution in [0.1, 0.15) is 24.1 Å². The fourth-order valence-electron chi connectivity index (χ4n) is 2.29. The number of nitrogens with one attached hydrogen (secondary N) is 2. The minimum atomic E-state index is -0.753. The van der Waals surface area contributed by atoms with Gasteiger partial charge in [-0.2, -0.15) is 0 Å². The molecule has 0 aromatic heterocycles. The number of anilines is 2. The first-order valence-corrected chi connectivity index (χ1v) is 7.77. The number of benzene rings is 2. The van der Waals surface area contributed by atoms with E-state index >= 15 is 0 Å². The molecule has 126 valence electrons. The quantitative estimate of drug-likeness (QED) is 0.805. The fraction of sp³-hybridized carbons (Fsp3) is 0.222. The van der Waals surface area contributed by atoms with Gasteiger partial charge in [-0.3, -0.25) is 4.79 Å². The topological polar surface area (TPSA) is 67.4 Å². The van der Waals surface area contributed by atoms with Crippen molar-refractivity contribution in [3.05, 3.63) is 58.6 Å². The SMILES string of the molecule is COC(=O)[C@@H](Nc1ccc(C)c(NC(C)=O)c1)c1ccccc1Cl. The van der Waals surface area contributed by atoms with Gasteiger partial charge < -0.3 is 15.4 Å². The summed E-state index contributed by atoms with van der Waals surface area (Å²) in [5.74, 6) is -0.615. The van der Waals surface area contributed by atoms with Gasteiger partial charge in [0.1, 0.15) is 0 Å². The Morgan fingerprint density at radius 1 is 1.17 bits per heavy atom. The van der Waals surface area contributed by atoms with Gasteiger partial charge in [0.2, 0.25) is 5.91 Å². The number of rotatable bonds is 5. The first-order chi connectivity index (χ1) is 11.4. The molecule has 0 bridgehead atoms. The highest BCUT2D eigenvalue weighted by Gasteiger charge is 2.23. The lowest BCUT2D eigenvalue weighted by Gasteiger charge is -2.20. The average Bonchev–Trinajstić information content (AvgIpc) is 2.55. The standard InChI is InChI=1S/C18H19ClN2O3/c1-11-8-9-13(10-16(11)20-12(2)22)21-17(18(23)24-3)14-6-4-5-7-15(14)19/h4-10,17,21H,1-3H3,(H,20,22)/t17-/m0/s1. The van der Waals surface area contributed by atoms with Crippen LogP contribution in [0.2, 0.25) is 5.02 Å². The van der Waals surface area contributed by atoms with Crippen LogP contribution in [0.4, 0.5) is 11.4 Å². The van der Waals surface area contributed by atoms with Gasteiger partial charge in [-0.25, -0.2) is 4.79 Å². The largest absolute Gasteiger partial charge is 0.467 e. The Hall–Kier alpha value is -2.53. The Balaban J connectivity index is 2.35. The molecule has 6 heteroatoms. The first-order valence-electron chi connectivity index (χ1n) is 7.39. The zero-order valence-electron chi connectivity index (χ0n) is 13.7. The molecule has 2 N–H and O–H groups in total. The second-order valence-electron chi connectivity index (χ2n) is 5.33. The van der Waals surface area contributed by atoms with E-state index in [0.29, 0.717) is 22.0 Å². The van der Waals surface area contributed by atoms with Crippen LogP contribution >= 0.6 is 11.6 Å². The molecular weight excluding hydrogens is 328 g/mol. The Kier molecular flexibility index (Phi) is 5.82. The molecule has 0 saturated carbocycles. The van der Waals surface area contributed by atoms with Gasteiger partial charge in [0.25, 0.3) is 0 Å². The minimum absolute atomic E-state index is 0.161. The molecule has 0 saturated heterocycles. The molecule has 1 amide bonds. The number of amides is 1. The predicted octanol–water partition coefficient (Wildman–Crippen LogP) is 3.93. The molecule has 0 aliphatic heterocycles. The summed E-state index contributed by atoms with van der Waals surface area (Å²) >= 11 is 6.21. The van der Waals surface area contributed by atoms with E-state index < -0.39 is 12.0 Å². The van der Waals surface area contributed by atoms with Gasteiger partial charge in [0.05, 0.1) is 7.11 Å². The minimum Gasteiger partial charge on any atom is -0.467 e. The Morgan fingerprint density at radius 2 is 1.88 bits per heavy atom. The van der Waals surface area contributed by atoms with Crippen LogP contribution in [0.3, 0.4) is 0 Å². The summed E-state index contributed by atoms with van der Waals surface area (Å²) in [6, 6.07) is 11.8. The maximum Gasteiger partial charge on any atom is 0.333 e. The zero-order valence-corrected chi connectivity index (χ0v) is 14.5. The van der Waals surface area contributed by atoms with Crippen molar-refractivity contribution in [2.45, 2.75) is 19.9 Å². The van der Waals surface area contributed by atoms with Crippen LogP contribution in [-0.2, 0) is 14.3 Å². The van der Waals surface area contributed by atoms with Crippen molar-refractivity contribution in [2.24, 2.45) is 0 Å². The van der Waals surface area contributed by atoms with Crippen LogP contribution < -0.4 is 10.6 Å². The predicted molar refractivity (Wildman–Crippen MR) is 95.3 cm³/mol. The molecule has 0 aliphatic rings. The van der Waals surface area contributed by atoms with E-state index in [4.69, 9.17) is 16.3 Å². The third-order valence-electron chi connectivity index (χ3n) is 3.51. The number of hydrogen-bond donors (Lipinski definition) is 2. The van der Waals surface area contributed by atoms with Crippen LogP contribution in [0.25, 0.3) is 0 Å². The van der Waals surface area contributed by atoms with E-state index in [-0.39, 0.29) is 5.91 Å². The summed E-state index contributed by atoms with van der Waals surface area (Å²) in [5, 5.41) is 6.34. The molecule has 2 aromatic carbocycles. The van der Waals surface area contributed by atoms with Crippen molar-refractivity contribution in [3.63, 3.8) is 0 Å². The van der Waals surface area contributed by atoms with Crippen LogP contribution in [0.5, 0.6) is 0 Å². The Labute approximate surface area is 146 Å². The number of hydrogen-bond acceptors (Lipinski definition) is 4. The van der Waals surface area contributed by atoms with E-state index in [1.807, 2.05) is 19.1 Å². The van der Waals surface area contributed by atoms with E-state index in [2.05, 4.69) is 10.6 Å². The van der Waals surface area contributed by atoms with E-state index in [9.17, 15) is 9.59 Å². The number of methoxy groups -OCH3 is 1. The average molecular weight is 347 g/mol. The van der Waals surface area contributed by atoms with Crippen molar-refractivity contribution < 1.29 is 14.3 Å². The summed E-state index contributed by atoms with van der Waals surface area (Å²) in [5.41, 5.74) is 2.88. The van der Waals surface area contributed by atoms with Crippen molar-refractivity contribution in [1.82, 2.24) is 0 Å². The van der Waals surface area contributed by atoms with Crippen molar-refractivity contribution >= 4 is 34.9 Å². The molecular formula is C18H19ClN2O3. The van der Waals surface area contributed by atoms with E-state index in [1.165, 1.54) is 14.0 Å². The Bertz CT molecular complexity index is 762. The lowest BCUT2D eigenvalue weighted by Crippen LogP contribution is -2.22. The molecule has 0 spiro atoms. The number of aryl methyl sites for hydroxylation is 1. The highest BCUT2D eigenvalue weighted by molar-refractivity contribution is 6.31. The maximum atomic E-state index is 12.2. The summed E-state index contributed by atoms with van der Waals surface area (Å²) in [4.78, 5) is 23.5. The molecule has 1 atom stereocenters. The summed E-state index contributed by atoms with van der Waals surface area (Å²) < 4.78 is 4.88. The van der Waals surface area contributed by atoms with Crippen LogP contribution in [0.15, 0.2) is 42.5 Å². The molecule has 5 nitrogen and oxygen atoms in total. The van der Waals surface area contributed by atoms with Gasteiger partial charge in [0.15, 0.2) is 6.04 Å². The number of ether oxygens (including phenoxy) is 1. The molecule has 0 radical (unpaired) electrons. The first kappa shape index (κ1) is 17.8. The third kappa shape index (κ3) is 4.26. The monoisotopic (exact) mass is 346 g/mol. The molecule has 0 fully saturated rings. The smallest absolute Gasteiger partial charge is 0.333 e. The van der Waals surface area contributed by atoms with Gasteiger partial charge in [-0.1, -0.05) is 35.9 Å². The fourth-order valence-corrected chi connectivity index (χ4v) is 2.54.